The minimum atomic E-state index is -0.469. The van der Waals surface area contributed by atoms with E-state index in [1.165, 1.54) is 6.07 Å². The SMILES string of the molecule is NCc1cc(=O)n(C(=O)c2ccc3c(c2)OCO3)[nH]1. The highest BCUT2D eigenvalue weighted by Crippen LogP contribution is 2.32. The van der Waals surface area contributed by atoms with Crippen molar-refractivity contribution in [2.75, 3.05) is 6.79 Å². The molecular formula is C12H11N3O4. The normalized spacial score (nSPS) is 12.7. The van der Waals surface area contributed by atoms with Crippen LogP contribution in [0.4, 0.5) is 0 Å². The smallest absolute Gasteiger partial charge is 0.279 e. The van der Waals surface area contributed by atoms with Crippen molar-refractivity contribution >= 4 is 5.91 Å². The topological polar surface area (TPSA) is 99.3 Å². The molecule has 7 nitrogen and oxygen atoms in total. The Kier molecular flexibility index (Phi) is 2.60. The number of nitrogens with one attached hydrogen (secondary N) is 1. The molecule has 7 heteroatoms. The van der Waals surface area contributed by atoms with Crippen molar-refractivity contribution in [3.63, 3.8) is 0 Å². The minimum Gasteiger partial charge on any atom is -0.454 e. The second-order valence-electron chi connectivity index (χ2n) is 4.03. The van der Waals surface area contributed by atoms with Crippen molar-refractivity contribution in [2.45, 2.75) is 6.54 Å². The van der Waals surface area contributed by atoms with Gasteiger partial charge in [-0.3, -0.25) is 14.7 Å². The lowest BCUT2D eigenvalue weighted by Gasteiger charge is -2.02. The van der Waals surface area contributed by atoms with Gasteiger partial charge in [0.1, 0.15) is 0 Å². The summed E-state index contributed by atoms with van der Waals surface area (Å²) in [4.78, 5) is 23.8. The zero-order chi connectivity index (χ0) is 13.4. The molecule has 2 heterocycles. The fourth-order valence-electron chi connectivity index (χ4n) is 1.86. The third-order valence-corrected chi connectivity index (χ3v) is 2.82. The van der Waals surface area contributed by atoms with Crippen molar-refractivity contribution in [3.8, 4) is 11.5 Å². The van der Waals surface area contributed by atoms with Crippen LogP contribution in [0.5, 0.6) is 11.5 Å². The molecule has 0 amide bonds. The van der Waals surface area contributed by atoms with Crippen molar-refractivity contribution in [1.29, 1.82) is 0 Å². The lowest BCUT2D eigenvalue weighted by Crippen LogP contribution is -2.24. The molecule has 19 heavy (non-hydrogen) atoms. The Hall–Kier alpha value is -2.54. The molecule has 2 aromatic rings. The van der Waals surface area contributed by atoms with Crippen LogP contribution in [0.2, 0.25) is 0 Å². The number of benzene rings is 1. The molecule has 0 saturated heterocycles. The van der Waals surface area contributed by atoms with E-state index in [1.807, 2.05) is 0 Å². The van der Waals surface area contributed by atoms with Gasteiger partial charge in [-0.25, -0.2) is 0 Å². The molecule has 0 unspecified atom stereocenters. The standard InChI is InChI=1S/C12H11N3O4/c13-5-8-4-11(16)15(14-8)12(17)7-1-2-9-10(3-7)19-6-18-9/h1-4,14H,5-6,13H2. The fraction of sp³-hybridized carbons (Fsp3) is 0.167. The monoisotopic (exact) mass is 261 g/mol. The molecule has 1 aromatic carbocycles. The highest BCUT2D eigenvalue weighted by atomic mass is 16.7. The molecule has 1 aliphatic heterocycles. The van der Waals surface area contributed by atoms with Gasteiger partial charge >= 0.3 is 0 Å². The summed E-state index contributed by atoms with van der Waals surface area (Å²) in [6, 6.07) is 6.05. The average molecular weight is 261 g/mol. The van der Waals surface area contributed by atoms with Crippen molar-refractivity contribution in [1.82, 2.24) is 9.78 Å². The summed E-state index contributed by atoms with van der Waals surface area (Å²) in [5, 5.41) is 2.65. The summed E-state index contributed by atoms with van der Waals surface area (Å²) in [5.74, 6) is 0.602. The number of carbonyl (C=O) groups excluding carboxylic acids is 1. The van der Waals surface area contributed by atoms with Crippen LogP contribution in [0.3, 0.4) is 0 Å². The number of aromatic nitrogens is 2. The van der Waals surface area contributed by atoms with Gasteiger partial charge in [0.25, 0.3) is 11.5 Å². The Morgan fingerprint density at radius 1 is 1.32 bits per heavy atom. The van der Waals surface area contributed by atoms with Crippen molar-refractivity contribution in [3.05, 3.63) is 45.9 Å². The number of aromatic amines is 1. The minimum absolute atomic E-state index is 0.132. The summed E-state index contributed by atoms with van der Waals surface area (Å²) in [6.07, 6.45) is 0. The number of rotatable bonds is 2. The van der Waals surface area contributed by atoms with Crippen LogP contribution >= 0.6 is 0 Å². The van der Waals surface area contributed by atoms with Gasteiger partial charge in [0.15, 0.2) is 11.5 Å². The molecule has 3 N–H and O–H groups in total. The maximum atomic E-state index is 12.2. The maximum Gasteiger partial charge on any atom is 0.279 e. The lowest BCUT2D eigenvalue weighted by molar-refractivity contribution is 0.0940. The first-order valence-electron chi connectivity index (χ1n) is 5.64. The first kappa shape index (κ1) is 11.5. The highest BCUT2D eigenvalue weighted by molar-refractivity contribution is 5.96. The van der Waals surface area contributed by atoms with Gasteiger partial charge in [-0.2, -0.15) is 4.68 Å². The second kappa shape index (κ2) is 4.29. The Balaban J connectivity index is 1.99. The van der Waals surface area contributed by atoms with E-state index in [2.05, 4.69) is 5.10 Å². The number of H-pyrrole nitrogens is 1. The third kappa shape index (κ3) is 1.89. The van der Waals surface area contributed by atoms with E-state index in [-0.39, 0.29) is 13.3 Å². The zero-order valence-corrected chi connectivity index (χ0v) is 9.88. The van der Waals surface area contributed by atoms with Crippen LogP contribution in [-0.2, 0) is 6.54 Å². The third-order valence-electron chi connectivity index (χ3n) is 2.82. The predicted octanol–water partition coefficient (Wildman–Crippen LogP) is 0.0523. The van der Waals surface area contributed by atoms with Gasteiger partial charge in [0.2, 0.25) is 6.79 Å². The zero-order valence-electron chi connectivity index (χ0n) is 9.88. The molecule has 1 aliphatic rings. The molecule has 0 atom stereocenters. The number of hydrogen-bond donors (Lipinski definition) is 2. The van der Waals surface area contributed by atoms with E-state index in [4.69, 9.17) is 15.2 Å². The summed E-state index contributed by atoms with van der Waals surface area (Å²) >= 11 is 0. The Morgan fingerprint density at radius 3 is 2.84 bits per heavy atom. The largest absolute Gasteiger partial charge is 0.454 e. The average Bonchev–Trinajstić information content (AvgIpc) is 3.02. The van der Waals surface area contributed by atoms with Gasteiger partial charge in [-0.05, 0) is 18.2 Å². The second-order valence-corrected chi connectivity index (χ2v) is 4.03. The first-order valence-corrected chi connectivity index (χ1v) is 5.64. The number of nitrogens with two attached hydrogens (primary N) is 1. The fourth-order valence-corrected chi connectivity index (χ4v) is 1.86. The molecule has 0 radical (unpaired) electrons. The van der Waals surface area contributed by atoms with Crippen LogP contribution in [0.1, 0.15) is 16.1 Å². The van der Waals surface area contributed by atoms with Gasteiger partial charge in [0, 0.05) is 18.2 Å². The molecule has 0 fully saturated rings. The maximum absolute atomic E-state index is 12.2. The van der Waals surface area contributed by atoms with Gasteiger partial charge in [-0.1, -0.05) is 0 Å². The molecule has 98 valence electrons. The molecule has 0 aliphatic carbocycles. The predicted molar refractivity (Wildman–Crippen MR) is 65.2 cm³/mol. The summed E-state index contributed by atoms with van der Waals surface area (Å²) in [6.45, 7) is 0.295. The molecule has 0 spiro atoms. The molecule has 3 rings (SSSR count). The van der Waals surface area contributed by atoms with E-state index in [0.29, 0.717) is 22.8 Å². The molecule has 0 bridgehead atoms. The van der Waals surface area contributed by atoms with E-state index in [0.717, 1.165) is 4.68 Å². The van der Waals surface area contributed by atoms with Crippen LogP contribution in [0.15, 0.2) is 29.1 Å². The van der Waals surface area contributed by atoms with Crippen LogP contribution < -0.4 is 20.8 Å². The summed E-state index contributed by atoms with van der Waals surface area (Å²) < 4.78 is 11.3. The number of carbonyl (C=O) groups is 1. The van der Waals surface area contributed by atoms with E-state index in [9.17, 15) is 9.59 Å². The molecule has 1 aromatic heterocycles. The summed E-state index contributed by atoms with van der Waals surface area (Å²) in [5.41, 5.74) is 5.80. The lowest BCUT2D eigenvalue weighted by atomic mass is 10.2. The van der Waals surface area contributed by atoms with Crippen LogP contribution in [0.25, 0.3) is 0 Å². The first-order chi connectivity index (χ1) is 9.19. The number of hydrogen-bond acceptors (Lipinski definition) is 5. The van der Waals surface area contributed by atoms with E-state index in [1.54, 1.807) is 18.2 Å². The summed E-state index contributed by atoms with van der Waals surface area (Å²) in [7, 11) is 0. The number of nitrogens with zero attached hydrogens (tertiary/aromatic N) is 1. The number of fused-ring (bicyclic) bond motifs is 1. The Labute approximate surface area is 107 Å². The van der Waals surface area contributed by atoms with Crippen LogP contribution in [0, 0.1) is 0 Å². The number of ether oxygens (including phenoxy) is 2. The molecular weight excluding hydrogens is 250 g/mol. The Bertz CT molecular complexity index is 701. The highest BCUT2D eigenvalue weighted by Gasteiger charge is 2.18. The Morgan fingerprint density at radius 2 is 2.11 bits per heavy atom. The molecule has 0 saturated carbocycles. The van der Waals surface area contributed by atoms with E-state index >= 15 is 0 Å². The van der Waals surface area contributed by atoms with Crippen molar-refractivity contribution in [2.24, 2.45) is 5.73 Å². The van der Waals surface area contributed by atoms with Gasteiger partial charge < -0.3 is 15.2 Å². The van der Waals surface area contributed by atoms with Gasteiger partial charge in [0.05, 0.1) is 5.69 Å². The van der Waals surface area contributed by atoms with Crippen LogP contribution in [-0.4, -0.2) is 22.5 Å². The van der Waals surface area contributed by atoms with E-state index < -0.39 is 11.5 Å². The van der Waals surface area contributed by atoms with Gasteiger partial charge in [-0.15, -0.1) is 0 Å². The quantitative estimate of drug-likeness (QED) is 0.795. The van der Waals surface area contributed by atoms with Crippen molar-refractivity contribution < 1.29 is 14.3 Å².